The molecule has 7 nitrogen and oxygen atoms in total. The lowest BCUT2D eigenvalue weighted by atomic mass is 10.1. The standard InChI is InChI=1S/C13H13FN2O5S/c1-8-4-10(2-3-11(8)14)22(19,20)15-5-9(6-15)16-12(17)7-21-13(16)18/h2-4,9H,5-7H2,1H3. The molecule has 0 saturated carbocycles. The maximum atomic E-state index is 13.2. The monoisotopic (exact) mass is 328 g/mol. The second-order valence-electron chi connectivity index (χ2n) is 5.21. The summed E-state index contributed by atoms with van der Waals surface area (Å²) in [5.41, 5.74) is 0.233. The fraction of sp³-hybridized carbons (Fsp3) is 0.385. The molecular formula is C13H13FN2O5S. The number of aryl methyl sites for hydroxylation is 1. The Kier molecular flexibility index (Phi) is 3.41. The summed E-state index contributed by atoms with van der Waals surface area (Å²) in [6.07, 6.45) is -0.746. The highest BCUT2D eigenvalue weighted by molar-refractivity contribution is 7.89. The number of hydrogen-bond acceptors (Lipinski definition) is 5. The Morgan fingerprint density at radius 1 is 1.27 bits per heavy atom. The van der Waals surface area contributed by atoms with Crippen molar-refractivity contribution in [1.82, 2.24) is 9.21 Å². The summed E-state index contributed by atoms with van der Waals surface area (Å²) in [6.45, 7) is 1.20. The number of sulfonamides is 1. The molecule has 2 saturated heterocycles. The van der Waals surface area contributed by atoms with E-state index in [1.54, 1.807) is 0 Å². The van der Waals surface area contributed by atoms with E-state index < -0.39 is 33.9 Å². The van der Waals surface area contributed by atoms with Crippen molar-refractivity contribution >= 4 is 22.0 Å². The van der Waals surface area contributed by atoms with Gasteiger partial charge in [-0.2, -0.15) is 4.31 Å². The number of nitrogens with zero attached hydrogens (tertiary/aromatic N) is 2. The van der Waals surface area contributed by atoms with Gasteiger partial charge in [-0.05, 0) is 30.7 Å². The van der Waals surface area contributed by atoms with Gasteiger partial charge < -0.3 is 4.74 Å². The molecule has 0 atom stereocenters. The van der Waals surface area contributed by atoms with E-state index in [4.69, 9.17) is 0 Å². The van der Waals surface area contributed by atoms with Crippen LogP contribution in [0.15, 0.2) is 23.1 Å². The van der Waals surface area contributed by atoms with E-state index in [-0.39, 0.29) is 30.2 Å². The number of amides is 2. The van der Waals surface area contributed by atoms with Crippen molar-refractivity contribution < 1.29 is 27.1 Å². The highest BCUT2D eigenvalue weighted by atomic mass is 32.2. The lowest BCUT2D eigenvalue weighted by Gasteiger charge is -2.40. The summed E-state index contributed by atoms with van der Waals surface area (Å²) in [5.74, 6) is -0.949. The maximum absolute atomic E-state index is 13.2. The average molecular weight is 328 g/mol. The molecule has 0 aromatic heterocycles. The number of hydrogen-bond donors (Lipinski definition) is 0. The Morgan fingerprint density at radius 2 is 1.95 bits per heavy atom. The van der Waals surface area contributed by atoms with Crippen LogP contribution in [0, 0.1) is 12.7 Å². The van der Waals surface area contributed by atoms with Crippen LogP contribution in [0.2, 0.25) is 0 Å². The predicted octanol–water partition coefficient (Wildman–Crippen LogP) is 0.486. The fourth-order valence-electron chi connectivity index (χ4n) is 2.42. The number of ether oxygens (including phenoxy) is 1. The Hall–Kier alpha value is -2.00. The van der Waals surface area contributed by atoms with E-state index >= 15 is 0 Å². The van der Waals surface area contributed by atoms with Crippen LogP contribution in [-0.4, -0.2) is 55.4 Å². The SMILES string of the molecule is Cc1cc(S(=O)(=O)N2CC(N3C(=O)COC3=O)C2)ccc1F. The van der Waals surface area contributed by atoms with E-state index in [1.165, 1.54) is 19.1 Å². The van der Waals surface area contributed by atoms with Gasteiger partial charge in [0.2, 0.25) is 10.0 Å². The first-order valence-corrected chi connectivity index (χ1v) is 8.00. The zero-order chi connectivity index (χ0) is 16.1. The smallest absolute Gasteiger partial charge is 0.417 e. The number of carbonyl (C=O) groups excluding carboxylic acids is 2. The van der Waals surface area contributed by atoms with Crippen LogP contribution in [0.25, 0.3) is 0 Å². The largest absolute Gasteiger partial charge is 0.439 e. The van der Waals surface area contributed by atoms with Gasteiger partial charge in [-0.1, -0.05) is 0 Å². The highest BCUT2D eigenvalue weighted by Gasteiger charge is 2.46. The summed E-state index contributed by atoms with van der Waals surface area (Å²) in [6, 6.07) is 3.03. The first-order chi connectivity index (χ1) is 10.3. The quantitative estimate of drug-likeness (QED) is 0.806. The van der Waals surface area contributed by atoms with Gasteiger partial charge in [0.15, 0.2) is 6.61 Å². The van der Waals surface area contributed by atoms with E-state index in [1.807, 2.05) is 0 Å². The second kappa shape index (κ2) is 5.03. The number of benzene rings is 1. The molecule has 2 aliphatic rings. The van der Waals surface area contributed by atoms with Crippen molar-refractivity contribution in [3.05, 3.63) is 29.6 Å². The molecule has 1 aromatic rings. The highest BCUT2D eigenvalue weighted by Crippen LogP contribution is 2.27. The number of rotatable bonds is 3. The van der Waals surface area contributed by atoms with Crippen LogP contribution in [0.5, 0.6) is 0 Å². The summed E-state index contributed by atoms with van der Waals surface area (Å²) < 4.78 is 43.7. The lowest BCUT2D eigenvalue weighted by Crippen LogP contribution is -2.62. The van der Waals surface area contributed by atoms with Crippen LogP contribution < -0.4 is 0 Å². The van der Waals surface area contributed by atoms with Gasteiger partial charge >= 0.3 is 6.09 Å². The van der Waals surface area contributed by atoms with Gasteiger partial charge in [0.05, 0.1) is 10.9 Å². The predicted molar refractivity (Wildman–Crippen MR) is 71.9 cm³/mol. The molecule has 2 fully saturated rings. The molecule has 0 bridgehead atoms. The Bertz CT molecular complexity index is 742. The van der Waals surface area contributed by atoms with Crippen molar-refractivity contribution in [3.63, 3.8) is 0 Å². The molecule has 9 heteroatoms. The molecule has 2 amide bonds. The molecule has 0 aliphatic carbocycles. The molecule has 0 unspecified atom stereocenters. The van der Waals surface area contributed by atoms with Crippen molar-refractivity contribution in [1.29, 1.82) is 0 Å². The van der Waals surface area contributed by atoms with Crippen LogP contribution in [0.1, 0.15) is 5.56 Å². The Labute approximate surface area is 126 Å². The van der Waals surface area contributed by atoms with Gasteiger partial charge in [0.25, 0.3) is 5.91 Å². The molecular weight excluding hydrogens is 315 g/mol. The van der Waals surface area contributed by atoms with E-state index in [0.717, 1.165) is 15.3 Å². The summed E-state index contributed by atoms with van der Waals surface area (Å²) in [5, 5.41) is 0. The van der Waals surface area contributed by atoms with Crippen molar-refractivity contribution in [2.24, 2.45) is 0 Å². The number of imide groups is 1. The topological polar surface area (TPSA) is 84.0 Å². The zero-order valence-corrected chi connectivity index (χ0v) is 12.5. The van der Waals surface area contributed by atoms with E-state index in [2.05, 4.69) is 4.74 Å². The molecule has 0 spiro atoms. The van der Waals surface area contributed by atoms with Crippen LogP contribution in [0.4, 0.5) is 9.18 Å². The maximum Gasteiger partial charge on any atom is 0.417 e. The van der Waals surface area contributed by atoms with Gasteiger partial charge in [-0.15, -0.1) is 0 Å². The first kappa shape index (κ1) is 14.9. The number of carbonyl (C=O) groups is 2. The second-order valence-corrected chi connectivity index (χ2v) is 7.14. The van der Waals surface area contributed by atoms with Gasteiger partial charge in [0, 0.05) is 13.1 Å². The molecule has 0 N–H and O–H groups in total. The Balaban J connectivity index is 1.75. The number of halogens is 1. The minimum atomic E-state index is -3.76. The van der Waals surface area contributed by atoms with E-state index in [9.17, 15) is 22.4 Å². The number of cyclic esters (lactones) is 1. The van der Waals surface area contributed by atoms with E-state index in [0.29, 0.717) is 0 Å². The fourth-order valence-corrected chi connectivity index (χ4v) is 4.02. The molecule has 2 heterocycles. The van der Waals surface area contributed by atoms with Crippen molar-refractivity contribution in [2.75, 3.05) is 19.7 Å². The first-order valence-electron chi connectivity index (χ1n) is 6.56. The van der Waals surface area contributed by atoms with Crippen LogP contribution in [0.3, 0.4) is 0 Å². The van der Waals surface area contributed by atoms with Crippen molar-refractivity contribution in [3.8, 4) is 0 Å². The minimum Gasteiger partial charge on any atom is -0.439 e. The lowest BCUT2D eigenvalue weighted by molar-refractivity contribution is -0.128. The Morgan fingerprint density at radius 3 is 2.50 bits per heavy atom. The third kappa shape index (κ3) is 2.26. The molecule has 1 aromatic carbocycles. The zero-order valence-electron chi connectivity index (χ0n) is 11.7. The molecule has 0 radical (unpaired) electrons. The molecule has 2 aliphatic heterocycles. The van der Waals surface area contributed by atoms with Gasteiger partial charge in [0.1, 0.15) is 5.82 Å². The normalized spacial score (nSPS) is 20.2. The van der Waals surface area contributed by atoms with Gasteiger partial charge in [-0.3, -0.25) is 4.79 Å². The van der Waals surface area contributed by atoms with Crippen molar-refractivity contribution in [2.45, 2.75) is 17.9 Å². The summed E-state index contributed by atoms with van der Waals surface area (Å²) in [4.78, 5) is 23.8. The van der Waals surface area contributed by atoms with Crippen LogP contribution >= 0.6 is 0 Å². The minimum absolute atomic E-state index is 0.0135. The van der Waals surface area contributed by atoms with Gasteiger partial charge in [-0.25, -0.2) is 22.5 Å². The van der Waals surface area contributed by atoms with Crippen LogP contribution in [-0.2, 0) is 19.6 Å². The molecule has 118 valence electrons. The summed E-state index contributed by atoms with van der Waals surface area (Å²) in [7, 11) is -3.76. The molecule has 3 rings (SSSR count). The third-order valence-electron chi connectivity index (χ3n) is 3.75. The third-order valence-corrected chi connectivity index (χ3v) is 5.57. The molecule has 22 heavy (non-hydrogen) atoms. The summed E-state index contributed by atoms with van der Waals surface area (Å²) >= 11 is 0. The average Bonchev–Trinajstić information content (AvgIpc) is 2.72.